The molecule has 1 aromatic rings. The molecule has 2 rings (SSSR count). The highest BCUT2D eigenvalue weighted by Gasteiger charge is 2.20. The molecule has 1 aromatic heterocycles. The minimum absolute atomic E-state index is 0.185. The lowest BCUT2D eigenvalue weighted by molar-refractivity contribution is -0.138. The molecule has 1 fully saturated rings. The average Bonchev–Trinajstić information content (AvgIpc) is 2.82. The van der Waals surface area contributed by atoms with Gasteiger partial charge in [0.05, 0.1) is 12.7 Å². The van der Waals surface area contributed by atoms with E-state index in [9.17, 15) is 4.79 Å². The van der Waals surface area contributed by atoms with Gasteiger partial charge in [-0.05, 0) is 31.2 Å². The SMILES string of the molecule is CC1CN(C(=O)CCCc2cccs2)CCO1. The molecule has 2 heterocycles. The van der Waals surface area contributed by atoms with Crippen molar-refractivity contribution in [1.29, 1.82) is 0 Å². The highest BCUT2D eigenvalue weighted by molar-refractivity contribution is 7.09. The van der Waals surface area contributed by atoms with Crippen molar-refractivity contribution in [3.63, 3.8) is 0 Å². The van der Waals surface area contributed by atoms with E-state index >= 15 is 0 Å². The number of nitrogens with zero attached hydrogens (tertiary/aromatic N) is 1. The van der Waals surface area contributed by atoms with Gasteiger partial charge >= 0.3 is 0 Å². The third kappa shape index (κ3) is 3.82. The summed E-state index contributed by atoms with van der Waals surface area (Å²) in [6.45, 7) is 4.20. The van der Waals surface area contributed by atoms with Gasteiger partial charge in [0.2, 0.25) is 5.91 Å². The molecule has 3 nitrogen and oxygen atoms in total. The average molecular weight is 253 g/mol. The van der Waals surface area contributed by atoms with Crippen LogP contribution in [0.5, 0.6) is 0 Å². The van der Waals surface area contributed by atoms with Crippen molar-refractivity contribution >= 4 is 17.2 Å². The van der Waals surface area contributed by atoms with Gasteiger partial charge < -0.3 is 9.64 Å². The Hall–Kier alpha value is -0.870. The van der Waals surface area contributed by atoms with E-state index in [-0.39, 0.29) is 12.0 Å². The van der Waals surface area contributed by atoms with E-state index in [1.165, 1.54) is 4.88 Å². The van der Waals surface area contributed by atoms with Crippen molar-refractivity contribution in [2.45, 2.75) is 32.3 Å². The molecule has 0 aliphatic carbocycles. The predicted molar refractivity (Wildman–Crippen MR) is 69.3 cm³/mol. The highest BCUT2D eigenvalue weighted by atomic mass is 32.1. The molecule has 0 spiro atoms. The number of thiophene rings is 1. The number of amides is 1. The predicted octanol–water partition coefficient (Wildman–Crippen LogP) is 2.32. The maximum atomic E-state index is 11.9. The summed E-state index contributed by atoms with van der Waals surface area (Å²) in [6, 6.07) is 4.19. The summed E-state index contributed by atoms with van der Waals surface area (Å²) in [4.78, 5) is 15.2. The summed E-state index contributed by atoms with van der Waals surface area (Å²) in [5.41, 5.74) is 0. The molecule has 1 aliphatic heterocycles. The number of carbonyl (C=O) groups excluding carboxylic acids is 1. The fourth-order valence-electron chi connectivity index (χ4n) is 2.07. The smallest absolute Gasteiger partial charge is 0.222 e. The molecule has 0 bridgehead atoms. The van der Waals surface area contributed by atoms with Gasteiger partial charge in [0.15, 0.2) is 0 Å². The van der Waals surface area contributed by atoms with Gasteiger partial charge in [-0.3, -0.25) is 4.79 Å². The summed E-state index contributed by atoms with van der Waals surface area (Å²) < 4.78 is 5.43. The van der Waals surface area contributed by atoms with E-state index in [0.29, 0.717) is 13.0 Å². The summed E-state index contributed by atoms with van der Waals surface area (Å²) in [5.74, 6) is 0.275. The third-order valence-corrected chi connectivity index (χ3v) is 3.92. The van der Waals surface area contributed by atoms with Crippen molar-refractivity contribution in [1.82, 2.24) is 4.90 Å². The van der Waals surface area contributed by atoms with E-state index < -0.39 is 0 Å². The van der Waals surface area contributed by atoms with Crippen molar-refractivity contribution in [2.24, 2.45) is 0 Å². The lowest BCUT2D eigenvalue weighted by Gasteiger charge is -2.31. The number of hydrogen-bond acceptors (Lipinski definition) is 3. The molecule has 1 aliphatic rings. The molecule has 1 saturated heterocycles. The van der Waals surface area contributed by atoms with Crippen LogP contribution in [0.3, 0.4) is 0 Å². The lowest BCUT2D eigenvalue weighted by atomic mass is 10.2. The third-order valence-electron chi connectivity index (χ3n) is 2.99. The van der Waals surface area contributed by atoms with E-state index in [4.69, 9.17) is 4.74 Å². The van der Waals surface area contributed by atoms with Gasteiger partial charge in [0.1, 0.15) is 0 Å². The van der Waals surface area contributed by atoms with Crippen LogP contribution >= 0.6 is 11.3 Å². The quantitative estimate of drug-likeness (QED) is 0.824. The number of ether oxygens (including phenoxy) is 1. The van der Waals surface area contributed by atoms with Gasteiger partial charge in [-0.15, -0.1) is 11.3 Å². The van der Waals surface area contributed by atoms with Gasteiger partial charge in [0, 0.05) is 24.4 Å². The van der Waals surface area contributed by atoms with E-state index in [1.807, 2.05) is 11.8 Å². The van der Waals surface area contributed by atoms with Crippen molar-refractivity contribution in [2.75, 3.05) is 19.7 Å². The number of hydrogen-bond donors (Lipinski definition) is 0. The fourth-order valence-corrected chi connectivity index (χ4v) is 2.82. The summed E-state index contributed by atoms with van der Waals surface area (Å²) in [7, 11) is 0. The number of morpholine rings is 1. The summed E-state index contributed by atoms with van der Waals surface area (Å²) in [6.07, 6.45) is 2.81. The van der Waals surface area contributed by atoms with Gasteiger partial charge in [-0.25, -0.2) is 0 Å². The van der Waals surface area contributed by atoms with Crippen molar-refractivity contribution in [3.05, 3.63) is 22.4 Å². The Bertz CT molecular complexity index is 350. The Morgan fingerprint density at radius 1 is 1.65 bits per heavy atom. The van der Waals surface area contributed by atoms with Crippen LogP contribution in [-0.4, -0.2) is 36.6 Å². The summed E-state index contributed by atoms with van der Waals surface area (Å²) in [5, 5.41) is 2.08. The second-order valence-corrected chi connectivity index (χ2v) is 5.49. The number of aryl methyl sites for hydroxylation is 1. The topological polar surface area (TPSA) is 29.5 Å². The van der Waals surface area contributed by atoms with Crippen LogP contribution in [0.1, 0.15) is 24.6 Å². The van der Waals surface area contributed by atoms with Crippen LogP contribution in [0, 0.1) is 0 Å². The molecule has 0 radical (unpaired) electrons. The molecular weight excluding hydrogens is 234 g/mol. The van der Waals surface area contributed by atoms with Crippen LogP contribution in [0.2, 0.25) is 0 Å². The molecule has 94 valence electrons. The lowest BCUT2D eigenvalue weighted by Crippen LogP contribution is -2.44. The normalized spacial score (nSPS) is 20.5. The molecule has 4 heteroatoms. The zero-order valence-electron chi connectivity index (χ0n) is 10.2. The van der Waals surface area contributed by atoms with Gasteiger partial charge in [0.25, 0.3) is 0 Å². The van der Waals surface area contributed by atoms with Crippen LogP contribution in [-0.2, 0) is 16.0 Å². The zero-order chi connectivity index (χ0) is 12.1. The fraction of sp³-hybridized carbons (Fsp3) is 0.615. The Kier molecular flexibility index (Phi) is 4.57. The maximum absolute atomic E-state index is 11.9. The minimum atomic E-state index is 0.185. The monoisotopic (exact) mass is 253 g/mol. The van der Waals surface area contributed by atoms with Crippen molar-refractivity contribution in [3.8, 4) is 0 Å². The zero-order valence-corrected chi connectivity index (χ0v) is 11.0. The molecule has 1 amide bonds. The van der Waals surface area contributed by atoms with E-state index in [1.54, 1.807) is 11.3 Å². The van der Waals surface area contributed by atoms with E-state index in [0.717, 1.165) is 25.9 Å². The summed E-state index contributed by atoms with van der Waals surface area (Å²) >= 11 is 1.77. The van der Waals surface area contributed by atoms with Gasteiger partial charge in [-0.2, -0.15) is 0 Å². The molecule has 1 atom stereocenters. The van der Waals surface area contributed by atoms with Crippen LogP contribution in [0.25, 0.3) is 0 Å². The first-order valence-electron chi connectivity index (χ1n) is 6.17. The minimum Gasteiger partial charge on any atom is -0.375 e. The molecular formula is C13H19NO2S. The first-order valence-corrected chi connectivity index (χ1v) is 7.05. The Labute approximate surface area is 106 Å². The van der Waals surface area contributed by atoms with Crippen LogP contribution in [0.15, 0.2) is 17.5 Å². The standard InChI is InChI=1S/C13H19NO2S/c1-11-10-14(7-8-16-11)13(15)6-2-4-12-5-3-9-17-12/h3,5,9,11H,2,4,6-8,10H2,1H3. The molecule has 0 aromatic carbocycles. The molecule has 17 heavy (non-hydrogen) atoms. The Balaban J connectivity index is 1.70. The number of rotatable bonds is 4. The van der Waals surface area contributed by atoms with Crippen LogP contribution in [0.4, 0.5) is 0 Å². The molecule has 0 N–H and O–H groups in total. The Morgan fingerprint density at radius 3 is 3.24 bits per heavy atom. The maximum Gasteiger partial charge on any atom is 0.222 e. The van der Waals surface area contributed by atoms with Crippen molar-refractivity contribution < 1.29 is 9.53 Å². The second kappa shape index (κ2) is 6.17. The van der Waals surface area contributed by atoms with Crippen LogP contribution < -0.4 is 0 Å². The molecule has 0 saturated carbocycles. The number of carbonyl (C=O) groups is 1. The first-order chi connectivity index (χ1) is 8.25. The first kappa shape index (κ1) is 12.6. The molecule has 1 unspecified atom stereocenters. The second-order valence-electron chi connectivity index (χ2n) is 4.45. The largest absolute Gasteiger partial charge is 0.375 e. The van der Waals surface area contributed by atoms with E-state index in [2.05, 4.69) is 17.5 Å². The Morgan fingerprint density at radius 2 is 2.53 bits per heavy atom. The highest BCUT2D eigenvalue weighted by Crippen LogP contribution is 2.13. The van der Waals surface area contributed by atoms with Gasteiger partial charge in [-0.1, -0.05) is 6.07 Å².